The van der Waals surface area contributed by atoms with Crippen LogP contribution in [0.4, 0.5) is 5.69 Å². The van der Waals surface area contributed by atoms with E-state index in [1.807, 2.05) is 12.2 Å². The molecule has 4 fully saturated rings. The molecule has 4 aromatic carbocycles. The monoisotopic (exact) mass is 886 g/mol. The summed E-state index contributed by atoms with van der Waals surface area (Å²) in [5.74, 6) is 2.57. The number of hydrogen-bond donors (Lipinski definition) is 2. The van der Waals surface area contributed by atoms with Crippen LogP contribution >= 0.6 is 0 Å². The number of rotatable bonds is 10. The SMILES string of the molecule is C=C/C=C\C(=Nc1cc(C(C)C)ccc1-c1cc(C)cc(C23CC(C)CC(C)(CC(C)(C)C2)C3)c1O)c1cc(C(C)C)ccc1-c1cc(C)cc(C23CC(C)CC(C)(CC(C)(C)C2)C3)c1O. The second-order valence-corrected chi connectivity index (χ2v) is 26.0. The number of phenolic OH excluding ortho intramolecular Hbond substituents is 2. The maximum Gasteiger partial charge on any atom is 0.127 e. The highest BCUT2D eigenvalue weighted by atomic mass is 16.3. The van der Waals surface area contributed by atoms with Gasteiger partial charge < -0.3 is 10.2 Å². The maximum absolute atomic E-state index is 12.9. The molecule has 0 aliphatic heterocycles. The Morgan fingerprint density at radius 1 is 0.591 bits per heavy atom. The van der Waals surface area contributed by atoms with Crippen molar-refractivity contribution in [1.82, 2.24) is 0 Å². The molecule has 4 saturated carbocycles. The van der Waals surface area contributed by atoms with Gasteiger partial charge in [0.1, 0.15) is 11.5 Å². The summed E-state index contributed by atoms with van der Waals surface area (Å²) < 4.78 is 0. The Labute approximate surface area is 400 Å². The van der Waals surface area contributed by atoms with Gasteiger partial charge in [-0.2, -0.15) is 0 Å². The van der Waals surface area contributed by atoms with Crippen molar-refractivity contribution in [3.8, 4) is 33.8 Å². The van der Waals surface area contributed by atoms with E-state index in [1.165, 1.54) is 42.4 Å². The van der Waals surface area contributed by atoms with E-state index in [2.05, 4.69) is 170 Å². The highest BCUT2D eigenvalue weighted by molar-refractivity contribution is 6.15. The van der Waals surface area contributed by atoms with Crippen molar-refractivity contribution >= 4 is 11.4 Å². The molecule has 4 bridgehead atoms. The molecule has 66 heavy (non-hydrogen) atoms. The van der Waals surface area contributed by atoms with Gasteiger partial charge in [-0.3, -0.25) is 0 Å². The lowest BCUT2D eigenvalue weighted by atomic mass is 9.46. The second-order valence-electron chi connectivity index (χ2n) is 26.0. The molecule has 0 saturated heterocycles. The Bertz CT molecular complexity index is 2590. The Morgan fingerprint density at radius 2 is 1.05 bits per heavy atom. The Kier molecular flexibility index (Phi) is 12.4. The van der Waals surface area contributed by atoms with Crippen LogP contribution in [-0.2, 0) is 10.8 Å². The zero-order valence-corrected chi connectivity index (χ0v) is 43.4. The van der Waals surface area contributed by atoms with Gasteiger partial charge in [-0.25, -0.2) is 4.99 Å². The summed E-state index contributed by atoms with van der Waals surface area (Å²) in [7, 11) is 0. The molecule has 6 unspecified atom stereocenters. The van der Waals surface area contributed by atoms with Crippen LogP contribution in [0.2, 0.25) is 0 Å². The van der Waals surface area contributed by atoms with Crippen molar-refractivity contribution in [2.24, 2.45) is 38.5 Å². The second kappa shape index (κ2) is 17.0. The minimum absolute atomic E-state index is 0.0969. The van der Waals surface area contributed by atoms with E-state index in [-0.39, 0.29) is 44.3 Å². The number of allylic oxidation sites excluding steroid dienone is 3. The van der Waals surface area contributed by atoms with Crippen molar-refractivity contribution in [2.45, 2.75) is 184 Å². The minimum Gasteiger partial charge on any atom is -0.507 e. The quantitative estimate of drug-likeness (QED) is 0.123. The average molecular weight is 886 g/mol. The minimum atomic E-state index is -0.0984. The summed E-state index contributed by atoms with van der Waals surface area (Å²) in [6.07, 6.45) is 17.4. The Balaban J connectivity index is 1.35. The van der Waals surface area contributed by atoms with Crippen LogP contribution < -0.4 is 0 Å². The molecule has 2 N–H and O–H groups in total. The lowest BCUT2D eigenvalue weighted by Gasteiger charge is -2.59. The highest BCUT2D eigenvalue weighted by Crippen LogP contribution is 2.66. The Hall–Kier alpha value is -4.37. The third-order valence-corrected chi connectivity index (χ3v) is 16.7. The van der Waals surface area contributed by atoms with E-state index in [0.29, 0.717) is 23.3 Å². The van der Waals surface area contributed by atoms with Crippen LogP contribution in [0.1, 0.15) is 198 Å². The summed E-state index contributed by atoms with van der Waals surface area (Å²) in [5.41, 5.74) is 13.9. The molecule has 4 aromatic rings. The smallest absolute Gasteiger partial charge is 0.127 e. The fourth-order valence-electron chi connectivity index (χ4n) is 16.3. The van der Waals surface area contributed by atoms with Gasteiger partial charge >= 0.3 is 0 Å². The first-order chi connectivity index (χ1) is 30.8. The number of phenols is 2. The number of hydrogen-bond acceptors (Lipinski definition) is 3. The van der Waals surface area contributed by atoms with Gasteiger partial charge in [0.2, 0.25) is 0 Å². The van der Waals surface area contributed by atoms with Gasteiger partial charge in [0.25, 0.3) is 0 Å². The van der Waals surface area contributed by atoms with E-state index >= 15 is 0 Å². The standard InChI is InChI=1S/C63H83NO2/c1-16-17-18-54(49-27-45(39(2)3)19-21-47(49)50-23-41(6)25-52(56(50)65)62-31-43(8)29-60(14,37-62)33-58(10,11)35-62)64-55-28-46(40(4)5)20-22-48(55)51-24-42(7)26-53(57(51)66)63-32-44(9)30-61(15,38-63)34-59(12,13)36-63/h16-28,39-40,43-44,65-66H,1,29-38H2,2-15H3/b18-17-,64-54?. The van der Waals surface area contributed by atoms with Gasteiger partial charge in [-0.15, -0.1) is 0 Å². The third kappa shape index (κ3) is 9.16. The van der Waals surface area contributed by atoms with E-state index in [9.17, 15) is 10.2 Å². The van der Waals surface area contributed by atoms with Gasteiger partial charge in [-0.05, 0) is 182 Å². The predicted molar refractivity (Wildman–Crippen MR) is 282 cm³/mol. The number of benzene rings is 4. The van der Waals surface area contributed by atoms with E-state index < -0.39 is 0 Å². The first kappa shape index (κ1) is 48.1. The molecule has 0 radical (unpaired) electrons. The average Bonchev–Trinajstić information content (AvgIpc) is 3.17. The summed E-state index contributed by atoms with van der Waals surface area (Å²) in [6.45, 7) is 37.1. The topological polar surface area (TPSA) is 52.8 Å². The molecular formula is C63H83NO2. The first-order valence-corrected chi connectivity index (χ1v) is 25.6. The van der Waals surface area contributed by atoms with E-state index in [1.54, 1.807) is 0 Å². The molecule has 6 atom stereocenters. The van der Waals surface area contributed by atoms with Crippen LogP contribution in [0.25, 0.3) is 22.3 Å². The van der Waals surface area contributed by atoms with Crippen molar-refractivity contribution in [2.75, 3.05) is 0 Å². The Morgan fingerprint density at radius 3 is 1.52 bits per heavy atom. The number of aryl methyl sites for hydroxylation is 2. The van der Waals surface area contributed by atoms with Crippen LogP contribution in [0.3, 0.4) is 0 Å². The molecule has 3 nitrogen and oxygen atoms in total. The van der Waals surface area contributed by atoms with Crippen molar-refractivity contribution in [3.05, 3.63) is 124 Å². The van der Waals surface area contributed by atoms with Gasteiger partial charge in [0.15, 0.2) is 0 Å². The van der Waals surface area contributed by atoms with Crippen molar-refractivity contribution < 1.29 is 10.2 Å². The molecule has 0 heterocycles. The van der Waals surface area contributed by atoms with Crippen LogP contribution in [0, 0.1) is 47.3 Å². The molecular weight excluding hydrogens is 803 g/mol. The van der Waals surface area contributed by atoms with Gasteiger partial charge in [0, 0.05) is 44.2 Å². The summed E-state index contributed by atoms with van der Waals surface area (Å²) in [4.78, 5) is 5.73. The lowest BCUT2D eigenvalue weighted by Crippen LogP contribution is -2.50. The van der Waals surface area contributed by atoms with Gasteiger partial charge in [-0.1, -0.05) is 138 Å². The van der Waals surface area contributed by atoms with E-state index in [0.717, 1.165) is 94.4 Å². The van der Waals surface area contributed by atoms with Crippen LogP contribution in [0.15, 0.2) is 90.5 Å². The number of aromatic hydroxyl groups is 2. The summed E-state index contributed by atoms with van der Waals surface area (Å²) >= 11 is 0. The van der Waals surface area contributed by atoms with Gasteiger partial charge in [0.05, 0.1) is 11.4 Å². The van der Waals surface area contributed by atoms with Crippen molar-refractivity contribution in [1.29, 1.82) is 0 Å². The van der Waals surface area contributed by atoms with Crippen LogP contribution in [-0.4, -0.2) is 15.9 Å². The van der Waals surface area contributed by atoms with E-state index in [4.69, 9.17) is 4.99 Å². The number of nitrogens with zero attached hydrogens (tertiary/aromatic N) is 1. The maximum atomic E-state index is 12.9. The zero-order valence-electron chi connectivity index (χ0n) is 43.4. The fraction of sp³-hybridized carbons (Fsp3) is 0.540. The number of aliphatic imine (C=N–C) groups is 1. The zero-order chi connectivity index (χ0) is 47.9. The molecule has 3 heteroatoms. The van der Waals surface area contributed by atoms with Crippen molar-refractivity contribution in [3.63, 3.8) is 0 Å². The summed E-state index contributed by atoms with van der Waals surface area (Å²) in [5, 5.41) is 25.8. The molecule has 8 rings (SSSR count). The largest absolute Gasteiger partial charge is 0.507 e. The number of fused-ring (bicyclic) bond motifs is 4. The molecule has 0 aromatic heterocycles. The normalized spacial score (nSPS) is 29.4. The molecule has 0 spiro atoms. The molecule has 0 amide bonds. The lowest BCUT2D eigenvalue weighted by molar-refractivity contribution is -0.0316. The molecule has 352 valence electrons. The fourth-order valence-corrected chi connectivity index (χ4v) is 16.3. The third-order valence-electron chi connectivity index (χ3n) is 16.7. The molecule has 4 aliphatic carbocycles. The first-order valence-electron chi connectivity index (χ1n) is 25.6. The highest BCUT2D eigenvalue weighted by Gasteiger charge is 2.56. The summed E-state index contributed by atoms with van der Waals surface area (Å²) in [6, 6.07) is 22.4. The molecule has 4 aliphatic rings. The predicted octanol–water partition coefficient (Wildman–Crippen LogP) is 17.9. The van der Waals surface area contributed by atoms with Crippen LogP contribution in [0.5, 0.6) is 11.5 Å².